The lowest BCUT2D eigenvalue weighted by Crippen LogP contribution is -2.31. The Bertz CT molecular complexity index is 304. The highest BCUT2D eigenvalue weighted by molar-refractivity contribution is 5.77. The molecule has 4 nitrogen and oxygen atoms in total. The summed E-state index contributed by atoms with van der Waals surface area (Å²) in [6.07, 6.45) is 5.16. The zero-order chi connectivity index (χ0) is 16.3. The van der Waals surface area contributed by atoms with Crippen LogP contribution in [0.3, 0.4) is 0 Å². The average Bonchev–Trinajstić information content (AvgIpc) is 2.41. The molecule has 0 aromatic carbocycles. The van der Waals surface area contributed by atoms with E-state index in [0.717, 1.165) is 32.1 Å². The Morgan fingerprint density at radius 1 is 0.952 bits per heavy atom. The number of ether oxygens (including phenoxy) is 2. The Hall–Kier alpha value is -1.06. The van der Waals surface area contributed by atoms with Crippen LogP contribution in [0.15, 0.2) is 0 Å². The van der Waals surface area contributed by atoms with Crippen molar-refractivity contribution in [3.63, 3.8) is 0 Å². The van der Waals surface area contributed by atoms with Crippen molar-refractivity contribution >= 4 is 11.9 Å². The first-order valence-electron chi connectivity index (χ1n) is 8.16. The van der Waals surface area contributed by atoms with Crippen LogP contribution in [-0.4, -0.2) is 24.6 Å². The van der Waals surface area contributed by atoms with Crippen molar-refractivity contribution in [2.45, 2.75) is 85.7 Å². The first-order valence-corrected chi connectivity index (χ1v) is 8.16. The van der Waals surface area contributed by atoms with Crippen molar-refractivity contribution in [3.8, 4) is 0 Å². The minimum absolute atomic E-state index is 0.0792. The van der Waals surface area contributed by atoms with Gasteiger partial charge in [-0.2, -0.15) is 0 Å². The minimum Gasteiger partial charge on any atom is -0.466 e. The van der Waals surface area contributed by atoms with Gasteiger partial charge in [0.05, 0.1) is 19.4 Å². The molecular formula is C17H32O4. The number of hydrogen-bond donors (Lipinski definition) is 0. The van der Waals surface area contributed by atoms with Crippen LogP contribution in [0.2, 0.25) is 0 Å². The Labute approximate surface area is 129 Å². The Morgan fingerprint density at radius 2 is 1.57 bits per heavy atom. The SMILES string of the molecule is CCCCCCOC(=O)CCC(=O)OC(CC)C(C)(C)C. The van der Waals surface area contributed by atoms with E-state index >= 15 is 0 Å². The third-order valence-corrected chi connectivity index (χ3v) is 3.40. The molecule has 0 saturated heterocycles. The van der Waals surface area contributed by atoms with Crippen LogP contribution in [0.1, 0.15) is 79.6 Å². The first kappa shape index (κ1) is 19.9. The number of carbonyl (C=O) groups is 2. The molecule has 4 heteroatoms. The predicted octanol–water partition coefficient (Wildman–Crippen LogP) is 4.26. The number of hydrogen-bond acceptors (Lipinski definition) is 4. The second-order valence-corrected chi connectivity index (χ2v) is 6.53. The fourth-order valence-corrected chi connectivity index (χ4v) is 2.08. The molecule has 1 unspecified atom stereocenters. The highest BCUT2D eigenvalue weighted by Crippen LogP contribution is 2.25. The molecule has 0 heterocycles. The van der Waals surface area contributed by atoms with Gasteiger partial charge in [-0.3, -0.25) is 9.59 Å². The van der Waals surface area contributed by atoms with Crippen LogP contribution < -0.4 is 0 Å². The van der Waals surface area contributed by atoms with Crippen molar-refractivity contribution in [1.29, 1.82) is 0 Å². The fourth-order valence-electron chi connectivity index (χ4n) is 2.08. The van der Waals surface area contributed by atoms with E-state index in [-0.39, 0.29) is 36.3 Å². The zero-order valence-corrected chi connectivity index (χ0v) is 14.4. The largest absolute Gasteiger partial charge is 0.466 e. The average molecular weight is 300 g/mol. The number of rotatable bonds is 10. The lowest BCUT2D eigenvalue weighted by atomic mass is 9.87. The Balaban J connectivity index is 3.84. The van der Waals surface area contributed by atoms with Gasteiger partial charge in [0.1, 0.15) is 6.10 Å². The number of carbonyl (C=O) groups excluding carboxylic acids is 2. The summed E-state index contributed by atoms with van der Waals surface area (Å²) in [4.78, 5) is 23.3. The standard InChI is InChI=1S/C17H32O4/c1-6-8-9-10-13-20-15(18)11-12-16(19)21-14(7-2)17(3,4)5/h14H,6-13H2,1-5H3. The summed E-state index contributed by atoms with van der Waals surface area (Å²) in [7, 11) is 0. The molecule has 1 atom stereocenters. The fraction of sp³-hybridized carbons (Fsp3) is 0.882. The maximum Gasteiger partial charge on any atom is 0.306 e. The molecule has 0 fully saturated rings. The van der Waals surface area contributed by atoms with Crippen LogP contribution in [0.5, 0.6) is 0 Å². The molecule has 0 spiro atoms. The molecule has 0 aliphatic rings. The lowest BCUT2D eigenvalue weighted by Gasteiger charge is -2.29. The maximum atomic E-state index is 11.7. The second-order valence-electron chi connectivity index (χ2n) is 6.53. The molecule has 0 aromatic heterocycles. The highest BCUT2D eigenvalue weighted by Gasteiger charge is 2.26. The Kier molecular flexibility index (Phi) is 10.1. The summed E-state index contributed by atoms with van der Waals surface area (Å²) in [5.41, 5.74) is -0.0792. The molecular weight excluding hydrogens is 268 g/mol. The van der Waals surface area contributed by atoms with Gasteiger partial charge in [-0.25, -0.2) is 0 Å². The van der Waals surface area contributed by atoms with Gasteiger partial charge < -0.3 is 9.47 Å². The smallest absolute Gasteiger partial charge is 0.306 e. The normalized spacial score (nSPS) is 12.8. The van der Waals surface area contributed by atoms with Crippen LogP contribution >= 0.6 is 0 Å². The van der Waals surface area contributed by atoms with Crippen molar-refractivity contribution in [2.24, 2.45) is 5.41 Å². The molecule has 0 radical (unpaired) electrons. The molecule has 0 amide bonds. The molecule has 124 valence electrons. The van der Waals surface area contributed by atoms with Crippen molar-refractivity contribution < 1.29 is 19.1 Å². The number of esters is 2. The van der Waals surface area contributed by atoms with Gasteiger partial charge in [0.15, 0.2) is 0 Å². The van der Waals surface area contributed by atoms with Crippen LogP contribution in [-0.2, 0) is 19.1 Å². The molecule has 0 N–H and O–H groups in total. The topological polar surface area (TPSA) is 52.6 Å². The van der Waals surface area contributed by atoms with Gasteiger partial charge in [-0.15, -0.1) is 0 Å². The van der Waals surface area contributed by atoms with Crippen LogP contribution in [0.4, 0.5) is 0 Å². The lowest BCUT2D eigenvalue weighted by molar-refractivity contribution is -0.158. The van der Waals surface area contributed by atoms with Crippen molar-refractivity contribution in [3.05, 3.63) is 0 Å². The van der Waals surface area contributed by atoms with Crippen LogP contribution in [0.25, 0.3) is 0 Å². The van der Waals surface area contributed by atoms with Gasteiger partial charge in [0, 0.05) is 0 Å². The predicted molar refractivity (Wildman–Crippen MR) is 84.0 cm³/mol. The molecule has 0 rings (SSSR count). The monoisotopic (exact) mass is 300 g/mol. The van der Waals surface area contributed by atoms with E-state index < -0.39 is 0 Å². The number of unbranched alkanes of at least 4 members (excludes halogenated alkanes) is 3. The van der Waals surface area contributed by atoms with E-state index in [1.807, 2.05) is 27.7 Å². The summed E-state index contributed by atoms with van der Waals surface area (Å²) in [5.74, 6) is -0.632. The highest BCUT2D eigenvalue weighted by atomic mass is 16.5. The van der Waals surface area contributed by atoms with E-state index in [4.69, 9.17) is 9.47 Å². The summed E-state index contributed by atoms with van der Waals surface area (Å²) in [6, 6.07) is 0. The third kappa shape index (κ3) is 10.3. The van der Waals surface area contributed by atoms with Gasteiger partial charge in [0.2, 0.25) is 0 Å². The van der Waals surface area contributed by atoms with Crippen molar-refractivity contribution in [2.75, 3.05) is 6.61 Å². The summed E-state index contributed by atoms with van der Waals surface area (Å²) in [5, 5.41) is 0. The molecule has 0 bridgehead atoms. The van der Waals surface area contributed by atoms with Crippen LogP contribution in [0, 0.1) is 5.41 Å². The van der Waals surface area contributed by atoms with E-state index in [1.54, 1.807) is 0 Å². The Morgan fingerprint density at radius 3 is 2.10 bits per heavy atom. The first-order chi connectivity index (χ1) is 9.81. The third-order valence-electron chi connectivity index (χ3n) is 3.40. The van der Waals surface area contributed by atoms with Gasteiger partial charge in [-0.1, -0.05) is 53.9 Å². The van der Waals surface area contributed by atoms with E-state index in [2.05, 4.69) is 6.92 Å². The van der Waals surface area contributed by atoms with Gasteiger partial charge in [-0.05, 0) is 18.3 Å². The molecule has 0 aliphatic heterocycles. The maximum absolute atomic E-state index is 11.7. The van der Waals surface area contributed by atoms with Gasteiger partial charge >= 0.3 is 11.9 Å². The second kappa shape index (κ2) is 10.6. The van der Waals surface area contributed by atoms with E-state index in [9.17, 15) is 9.59 Å². The quantitative estimate of drug-likeness (QED) is 0.447. The van der Waals surface area contributed by atoms with Gasteiger partial charge in [0.25, 0.3) is 0 Å². The summed E-state index contributed by atoms with van der Waals surface area (Å²) >= 11 is 0. The molecule has 21 heavy (non-hydrogen) atoms. The van der Waals surface area contributed by atoms with E-state index in [1.165, 1.54) is 0 Å². The van der Waals surface area contributed by atoms with E-state index in [0.29, 0.717) is 6.61 Å². The summed E-state index contributed by atoms with van der Waals surface area (Å²) < 4.78 is 10.5. The minimum atomic E-state index is -0.320. The molecule has 0 aliphatic carbocycles. The zero-order valence-electron chi connectivity index (χ0n) is 14.4. The van der Waals surface area contributed by atoms with Crippen molar-refractivity contribution in [1.82, 2.24) is 0 Å². The molecule has 0 saturated carbocycles. The summed E-state index contributed by atoms with van der Waals surface area (Å²) in [6.45, 7) is 10.7. The molecule has 0 aromatic rings.